The molecule has 0 saturated heterocycles. The molecule has 0 saturated carbocycles. The molecule has 2 rings (SSSR count). The molecule has 0 bridgehead atoms. The zero-order chi connectivity index (χ0) is 14.2. The van der Waals surface area contributed by atoms with Gasteiger partial charge in [-0.15, -0.1) is 0 Å². The average Bonchev–Trinajstić information content (AvgIpc) is 2.72. The fraction of sp³-hybridized carbons (Fsp3) is 0.231. The largest absolute Gasteiger partial charge is 0.434 e. The average molecular weight is 265 g/mol. The van der Waals surface area contributed by atoms with E-state index in [0.717, 1.165) is 16.4 Å². The van der Waals surface area contributed by atoms with Gasteiger partial charge in [0.05, 0.1) is 11.9 Å². The maximum absolute atomic E-state index is 13.0. The van der Waals surface area contributed by atoms with Gasteiger partial charge >= 0.3 is 6.18 Å². The van der Waals surface area contributed by atoms with Crippen molar-refractivity contribution in [3.05, 3.63) is 46.8 Å². The number of rotatable bonds is 1. The molecule has 0 aliphatic rings. The predicted octanol–water partition coefficient (Wildman–Crippen LogP) is 3.38. The van der Waals surface area contributed by atoms with E-state index in [9.17, 15) is 13.2 Å². The van der Waals surface area contributed by atoms with Gasteiger partial charge < -0.3 is 0 Å². The first kappa shape index (κ1) is 13.1. The van der Waals surface area contributed by atoms with Gasteiger partial charge in [-0.25, -0.2) is 4.68 Å². The Balaban J connectivity index is 2.70. The SMILES string of the molecule is Cc1ccc(-n2ncc(C#N)c2C(F)(F)F)c(C)c1. The number of hydrogen-bond acceptors (Lipinski definition) is 2. The van der Waals surface area contributed by atoms with Crippen LogP contribution >= 0.6 is 0 Å². The van der Waals surface area contributed by atoms with Crippen LogP contribution in [-0.4, -0.2) is 9.78 Å². The summed E-state index contributed by atoms with van der Waals surface area (Å²) >= 11 is 0. The maximum Gasteiger partial charge on any atom is 0.434 e. The van der Waals surface area contributed by atoms with Gasteiger partial charge in [0.1, 0.15) is 11.6 Å². The fourth-order valence-electron chi connectivity index (χ4n) is 1.93. The molecule has 19 heavy (non-hydrogen) atoms. The third kappa shape index (κ3) is 2.32. The van der Waals surface area contributed by atoms with Crippen molar-refractivity contribution in [1.29, 1.82) is 5.26 Å². The lowest BCUT2D eigenvalue weighted by molar-refractivity contribution is -0.143. The van der Waals surface area contributed by atoms with Crippen LogP contribution < -0.4 is 0 Å². The molecule has 0 radical (unpaired) electrons. The summed E-state index contributed by atoms with van der Waals surface area (Å²) < 4.78 is 39.8. The summed E-state index contributed by atoms with van der Waals surface area (Å²) in [6.45, 7) is 3.56. The molecule has 6 heteroatoms. The third-order valence-electron chi connectivity index (χ3n) is 2.74. The Morgan fingerprint density at radius 3 is 2.47 bits per heavy atom. The van der Waals surface area contributed by atoms with E-state index >= 15 is 0 Å². The predicted molar refractivity (Wildman–Crippen MR) is 62.8 cm³/mol. The molecular weight excluding hydrogens is 255 g/mol. The van der Waals surface area contributed by atoms with E-state index in [1.807, 2.05) is 6.92 Å². The van der Waals surface area contributed by atoms with Crippen molar-refractivity contribution in [2.45, 2.75) is 20.0 Å². The Hall–Kier alpha value is -2.29. The summed E-state index contributed by atoms with van der Waals surface area (Å²) in [6, 6.07) is 6.55. The van der Waals surface area contributed by atoms with E-state index in [1.54, 1.807) is 25.1 Å². The first-order chi connectivity index (χ1) is 8.84. The molecule has 0 unspecified atom stereocenters. The number of nitriles is 1. The Labute approximate surface area is 107 Å². The summed E-state index contributed by atoms with van der Waals surface area (Å²) in [5, 5.41) is 12.4. The zero-order valence-corrected chi connectivity index (χ0v) is 10.3. The highest BCUT2D eigenvalue weighted by Gasteiger charge is 2.39. The fourth-order valence-corrected chi connectivity index (χ4v) is 1.93. The minimum atomic E-state index is -4.63. The van der Waals surface area contributed by atoms with E-state index in [1.165, 1.54) is 6.07 Å². The molecule has 3 nitrogen and oxygen atoms in total. The van der Waals surface area contributed by atoms with Crippen molar-refractivity contribution >= 4 is 0 Å². The van der Waals surface area contributed by atoms with Gasteiger partial charge in [0.25, 0.3) is 0 Å². The quantitative estimate of drug-likeness (QED) is 0.793. The second kappa shape index (κ2) is 4.43. The number of alkyl halides is 3. The highest BCUT2D eigenvalue weighted by atomic mass is 19.4. The molecule has 1 heterocycles. The molecule has 2 aromatic rings. The highest BCUT2D eigenvalue weighted by molar-refractivity contribution is 5.46. The number of halogens is 3. The van der Waals surface area contributed by atoms with Crippen molar-refractivity contribution < 1.29 is 13.2 Å². The minimum absolute atomic E-state index is 0.319. The Morgan fingerprint density at radius 2 is 1.95 bits per heavy atom. The van der Waals surface area contributed by atoms with Gasteiger partial charge in [0, 0.05) is 0 Å². The second-order valence-electron chi connectivity index (χ2n) is 4.22. The number of aromatic nitrogens is 2. The number of nitrogens with zero attached hydrogens (tertiary/aromatic N) is 3. The summed E-state index contributed by atoms with van der Waals surface area (Å²) in [4.78, 5) is 0. The van der Waals surface area contributed by atoms with Gasteiger partial charge in [-0.2, -0.15) is 23.5 Å². The Kier molecular flexibility index (Phi) is 3.06. The molecule has 0 atom stereocenters. The van der Waals surface area contributed by atoms with Crippen LogP contribution in [0.1, 0.15) is 22.4 Å². The summed E-state index contributed by atoms with van der Waals surface area (Å²) in [7, 11) is 0. The topological polar surface area (TPSA) is 41.6 Å². The Bertz CT molecular complexity index is 663. The molecule has 0 N–H and O–H groups in total. The van der Waals surface area contributed by atoms with Crippen LogP contribution in [0, 0.1) is 25.2 Å². The van der Waals surface area contributed by atoms with Gasteiger partial charge in [-0.1, -0.05) is 17.7 Å². The molecule has 0 amide bonds. The van der Waals surface area contributed by atoms with Gasteiger partial charge in [-0.05, 0) is 25.5 Å². The van der Waals surface area contributed by atoms with Crippen LogP contribution in [-0.2, 0) is 6.18 Å². The standard InChI is InChI=1S/C13H10F3N3/c1-8-3-4-11(9(2)5-8)19-12(13(14,15)16)10(6-17)7-18-19/h3-5,7H,1-2H3. The minimum Gasteiger partial charge on any atom is -0.227 e. The lowest BCUT2D eigenvalue weighted by Gasteiger charge is -2.13. The maximum atomic E-state index is 13.0. The zero-order valence-electron chi connectivity index (χ0n) is 10.3. The van der Waals surface area contributed by atoms with Crippen LogP contribution in [0.4, 0.5) is 13.2 Å². The number of hydrogen-bond donors (Lipinski definition) is 0. The first-order valence-corrected chi connectivity index (χ1v) is 5.47. The van der Waals surface area contributed by atoms with Crippen LogP contribution in [0.25, 0.3) is 5.69 Å². The molecule has 98 valence electrons. The van der Waals surface area contributed by atoms with Crippen LogP contribution in [0.2, 0.25) is 0 Å². The van der Waals surface area contributed by atoms with E-state index in [0.29, 0.717) is 11.3 Å². The van der Waals surface area contributed by atoms with Crippen molar-refractivity contribution in [1.82, 2.24) is 9.78 Å². The van der Waals surface area contributed by atoms with Gasteiger partial charge in [-0.3, -0.25) is 0 Å². The van der Waals surface area contributed by atoms with Crippen molar-refractivity contribution in [3.63, 3.8) is 0 Å². The van der Waals surface area contributed by atoms with Crippen LogP contribution in [0.15, 0.2) is 24.4 Å². The third-order valence-corrected chi connectivity index (χ3v) is 2.74. The van der Waals surface area contributed by atoms with Crippen molar-refractivity contribution in [2.75, 3.05) is 0 Å². The number of aryl methyl sites for hydroxylation is 2. The van der Waals surface area contributed by atoms with E-state index in [-0.39, 0.29) is 0 Å². The molecule has 1 aromatic heterocycles. The molecule has 0 fully saturated rings. The molecule has 1 aromatic carbocycles. The lowest BCUT2D eigenvalue weighted by Crippen LogP contribution is -2.15. The summed E-state index contributed by atoms with van der Waals surface area (Å²) in [5.41, 5.74) is 0.411. The highest BCUT2D eigenvalue weighted by Crippen LogP contribution is 2.33. The van der Waals surface area contributed by atoms with Gasteiger partial charge in [0.2, 0.25) is 0 Å². The lowest BCUT2D eigenvalue weighted by atomic mass is 10.1. The molecule has 0 aliphatic carbocycles. The molecule has 0 spiro atoms. The molecule has 0 aliphatic heterocycles. The van der Waals surface area contributed by atoms with E-state index in [2.05, 4.69) is 5.10 Å². The monoisotopic (exact) mass is 265 g/mol. The van der Waals surface area contributed by atoms with E-state index < -0.39 is 17.4 Å². The smallest absolute Gasteiger partial charge is 0.227 e. The Morgan fingerprint density at radius 1 is 1.26 bits per heavy atom. The first-order valence-electron chi connectivity index (χ1n) is 5.47. The van der Waals surface area contributed by atoms with Crippen molar-refractivity contribution in [2.24, 2.45) is 0 Å². The normalized spacial score (nSPS) is 11.4. The van der Waals surface area contributed by atoms with Crippen LogP contribution in [0.5, 0.6) is 0 Å². The number of benzene rings is 1. The molecular formula is C13H10F3N3. The second-order valence-corrected chi connectivity index (χ2v) is 4.22. The van der Waals surface area contributed by atoms with E-state index in [4.69, 9.17) is 5.26 Å². The van der Waals surface area contributed by atoms with Crippen molar-refractivity contribution in [3.8, 4) is 11.8 Å². The van der Waals surface area contributed by atoms with Gasteiger partial charge in [0.15, 0.2) is 5.69 Å². The summed E-state index contributed by atoms with van der Waals surface area (Å²) in [5.74, 6) is 0. The van der Waals surface area contributed by atoms with Crippen LogP contribution in [0.3, 0.4) is 0 Å². The summed E-state index contributed by atoms with van der Waals surface area (Å²) in [6.07, 6.45) is -3.69.